The van der Waals surface area contributed by atoms with Gasteiger partial charge in [-0.25, -0.2) is 0 Å². The van der Waals surface area contributed by atoms with Crippen molar-refractivity contribution in [3.63, 3.8) is 0 Å². The van der Waals surface area contributed by atoms with Crippen LogP contribution < -0.4 is 0 Å². The molecule has 1 atom stereocenters. The van der Waals surface area contributed by atoms with E-state index in [0.717, 1.165) is 19.5 Å². The van der Waals surface area contributed by atoms with Crippen LogP contribution in [0.1, 0.15) is 41.0 Å². The van der Waals surface area contributed by atoms with Gasteiger partial charge in [0, 0.05) is 24.6 Å². The Morgan fingerprint density at radius 1 is 1.31 bits per heavy atom. The van der Waals surface area contributed by atoms with Crippen LogP contribution in [0, 0.1) is 5.41 Å². The second-order valence-corrected chi connectivity index (χ2v) is 4.48. The summed E-state index contributed by atoms with van der Waals surface area (Å²) in [4.78, 5) is 2.40. The summed E-state index contributed by atoms with van der Waals surface area (Å²) in [5.74, 6) is 0. The maximum Gasteiger partial charge on any atom is 0.0496 e. The molecule has 0 saturated heterocycles. The lowest BCUT2D eigenvalue weighted by Gasteiger charge is -2.35. The first-order chi connectivity index (χ1) is 5.99. The summed E-state index contributed by atoms with van der Waals surface area (Å²) in [7, 11) is 0. The fourth-order valence-electron chi connectivity index (χ4n) is 1.42. The highest BCUT2D eigenvalue weighted by Gasteiger charge is 2.24. The molecule has 0 aromatic carbocycles. The zero-order valence-corrected chi connectivity index (χ0v) is 9.80. The maximum atomic E-state index is 9.28. The quantitative estimate of drug-likeness (QED) is 0.688. The van der Waals surface area contributed by atoms with Crippen molar-refractivity contribution in [3.05, 3.63) is 0 Å². The van der Waals surface area contributed by atoms with Crippen LogP contribution in [-0.2, 0) is 0 Å². The Hall–Kier alpha value is -0.0800. The van der Waals surface area contributed by atoms with Gasteiger partial charge < -0.3 is 10.0 Å². The fourth-order valence-corrected chi connectivity index (χ4v) is 1.42. The zero-order chi connectivity index (χ0) is 10.5. The smallest absolute Gasteiger partial charge is 0.0496 e. The molecule has 0 aliphatic rings. The fraction of sp³-hybridized carbons (Fsp3) is 1.00. The zero-order valence-electron chi connectivity index (χ0n) is 9.80. The summed E-state index contributed by atoms with van der Waals surface area (Å²) in [5.41, 5.74) is 0.0697. The van der Waals surface area contributed by atoms with Gasteiger partial charge in [0.15, 0.2) is 0 Å². The van der Waals surface area contributed by atoms with E-state index in [4.69, 9.17) is 0 Å². The van der Waals surface area contributed by atoms with Gasteiger partial charge in [-0.05, 0) is 26.8 Å². The van der Waals surface area contributed by atoms with E-state index < -0.39 is 0 Å². The predicted octanol–water partition coefficient (Wildman–Crippen LogP) is 2.13. The van der Waals surface area contributed by atoms with E-state index >= 15 is 0 Å². The highest BCUT2D eigenvalue weighted by molar-refractivity contribution is 4.77. The molecule has 1 unspecified atom stereocenters. The maximum absolute atomic E-state index is 9.28. The van der Waals surface area contributed by atoms with Crippen LogP contribution in [0.4, 0.5) is 0 Å². The average molecular weight is 187 g/mol. The Bertz CT molecular complexity index is 130. The largest absolute Gasteiger partial charge is 0.396 e. The third kappa shape index (κ3) is 4.10. The number of nitrogens with zero attached hydrogens (tertiary/aromatic N) is 1. The van der Waals surface area contributed by atoms with E-state index in [1.54, 1.807) is 0 Å². The van der Waals surface area contributed by atoms with Crippen LogP contribution in [0.5, 0.6) is 0 Å². The Kier molecular flexibility index (Phi) is 5.57. The minimum Gasteiger partial charge on any atom is -0.396 e. The highest BCUT2D eigenvalue weighted by atomic mass is 16.3. The molecule has 0 heterocycles. The molecule has 1 N–H and O–H groups in total. The van der Waals surface area contributed by atoms with Crippen LogP contribution in [0.25, 0.3) is 0 Å². The number of hydrogen-bond donors (Lipinski definition) is 1. The van der Waals surface area contributed by atoms with Crippen molar-refractivity contribution in [3.8, 4) is 0 Å². The summed E-state index contributed by atoms with van der Waals surface area (Å²) < 4.78 is 0. The Morgan fingerprint density at radius 3 is 2.08 bits per heavy atom. The first-order valence-electron chi connectivity index (χ1n) is 5.34. The second-order valence-electron chi connectivity index (χ2n) is 4.48. The van der Waals surface area contributed by atoms with E-state index in [-0.39, 0.29) is 12.0 Å². The normalized spacial score (nSPS) is 16.6. The molecule has 0 fully saturated rings. The third-order valence-corrected chi connectivity index (χ3v) is 2.96. The Morgan fingerprint density at radius 2 is 1.85 bits per heavy atom. The summed E-state index contributed by atoms with van der Waals surface area (Å²) in [6.07, 6.45) is 1.03. The molecule has 0 saturated carbocycles. The molecular weight excluding hydrogens is 162 g/mol. The molecule has 80 valence electrons. The van der Waals surface area contributed by atoms with Gasteiger partial charge >= 0.3 is 0 Å². The highest BCUT2D eigenvalue weighted by Crippen LogP contribution is 2.22. The lowest BCUT2D eigenvalue weighted by Crippen LogP contribution is -2.41. The van der Waals surface area contributed by atoms with E-state index in [1.165, 1.54) is 0 Å². The number of rotatable bonds is 6. The van der Waals surface area contributed by atoms with E-state index in [9.17, 15) is 5.11 Å². The second kappa shape index (κ2) is 5.61. The van der Waals surface area contributed by atoms with Crippen molar-refractivity contribution in [1.29, 1.82) is 0 Å². The molecule has 2 nitrogen and oxygen atoms in total. The Balaban J connectivity index is 4.19. The van der Waals surface area contributed by atoms with Gasteiger partial charge in [0.05, 0.1) is 0 Å². The molecule has 0 rings (SSSR count). The van der Waals surface area contributed by atoms with Crippen molar-refractivity contribution in [2.24, 2.45) is 5.41 Å². The molecule has 0 bridgehead atoms. The van der Waals surface area contributed by atoms with E-state index in [1.807, 2.05) is 0 Å². The van der Waals surface area contributed by atoms with Crippen molar-refractivity contribution >= 4 is 0 Å². The van der Waals surface area contributed by atoms with Gasteiger partial charge in [-0.3, -0.25) is 0 Å². The topological polar surface area (TPSA) is 23.5 Å². The number of aliphatic hydroxyl groups is 1. The van der Waals surface area contributed by atoms with Crippen molar-refractivity contribution in [2.75, 3.05) is 19.7 Å². The van der Waals surface area contributed by atoms with E-state index in [2.05, 4.69) is 39.5 Å². The number of hydrogen-bond acceptors (Lipinski definition) is 2. The van der Waals surface area contributed by atoms with Gasteiger partial charge in [-0.1, -0.05) is 20.8 Å². The third-order valence-electron chi connectivity index (χ3n) is 2.96. The van der Waals surface area contributed by atoms with Crippen molar-refractivity contribution < 1.29 is 5.11 Å². The molecule has 0 aliphatic carbocycles. The molecule has 0 spiro atoms. The summed E-state index contributed by atoms with van der Waals surface area (Å²) in [6.45, 7) is 13.2. The summed E-state index contributed by atoms with van der Waals surface area (Å²) >= 11 is 0. The molecule has 0 radical (unpaired) electrons. The van der Waals surface area contributed by atoms with Gasteiger partial charge in [0.25, 0.3) is 0 Å². The molecular formula is C11H25NO. The van der Waals surface area contributed by atoms with Crippen molar-refractivity contribution in [2.45, 2.75) is 47.1 Å². The van der Waals surface area contributed by atoms with Crippen LogP contribution in [0.2, 0.25) is 0 Å². The molecule has 0 aromatic rings. The minimum atomic E-state index is 0.0697. The summed E-state index contributed by atoms with van der Waals surface area (Å²) in [6, 6.07) is 0.572. The average Bonchev–Trinajstić information content (AvgIpc) is 2.13. The Labute approximate surface area is 82.9 Å². The summed E-state index contributed by atoms with van der Waals surface area (Å²) in [5, 5.41) is 9.28. The van der Waals surface area contributed by atoms with Crippen LogP contribution in [0.15, 0.2) is 0 Å². The predicted molar refractivity (Wildman–Crippen MR) is 57.9 cm³/mol. The van der Waals surface area contributed by atoms with Gasteiger partial charge in [0.1, 0.15) is 0 Å². The van der Waals surface area contributed by atoms with Crippen LogP contribution in [-0.4, -0.2) is 35.7 Å². The monoisotopic (exact) mass is 187 g/mol. The lowest BCUT2D eigenvalue weighted by atomic mass is 9.87. The minimum absolute atomic E-state index is 0.0697. The molecule has 13 heavy (non-hydrogen) atoms. The molecule has 2 heteroatoms. The first kappa shape index (κ1) is 12.9. The molecule has 0 aliphatic heterocycles. The van der Waals surface area contributed by atoms with E-state index in [0.29, 0.717) is 6.04 Å². The molecule has 0 amide bonds. The molecule has 0 aromatic heterocycles. The first-order valence-corrected chi connectivity index (χ1v) is 5.34. The van der Waals surface area contributed by atoms with Gasteiger partial charge in [-0.2, -0.15) is 0 Å². The van der Waals surface area contributed by atoms with Crippen LogP contribution >= 0.6 is 0 Å². The van der Waals surface area contributed by atoms with Crippen molar-refractivity contribution in [1.82, 2.24) is 4.90 Å². The van der Waals surface area contributed by atoms with Gasteiger partial charge in [0.2, 0.25) is 0 Å². The SMILES string of the molecule is CCN(CC(C)(CC)CO)C(C)C. The van der Waals surface area contributed by atoms with Crippen LogP contribution in [0.3, 0.4) is 0 Å². The van der Waals surface area contributed by atoms with Gasteiger partial charge in [-0.15, -0.1) is 0 Å². The standard InChI is InChI=1S/C11H25NO/c1-6-11(5,9-13)8-12(7-2)10(3)4/h10,13H,6-9H2,1-5H3. The lowest BCUT2D eigenvalue weighted by molar-refractivity contribution is 0.0733. The number of aliphatic hydroxyl groups excluding tert-OH is 1.